The molecule has 0 spiro atoms. The first-order chi connectivity index (χ1) is 10.3. The van der Waals surface area contributed by atoms with Crippen molar-refractivity contribution in [1.82, 2.24) is 10.6 Å². The van der Waals surface area contributed by atoms with Crippen LogP contribution in [0.4, 0.5) is 0 Å². The van der Waals surface area contributed by atoms with E-state index in [1.807, 2.05) is 12.1 Å². The van der Waals surface area contributed by atoms with Gasteiger partial charge in [0.25, 0.3) is 0 Å². The maximum atomic E-state index is 9.46. The first kappa shape index (κ1) is 19.1. The molecule has 1 aromatic carbocycles. The summed E-state index contributed by atoms with van der Waals surface area (Å²) in [7, 11) is 0. The summed E-state index contributed by atoms with van der Waals surface area (Å²) in [6.07, 6.45) is 7.34. The van der Waals surface area contributed by atoms with Gasteiger partial charge in [-0.05, 0) is 43.9 Å². The van der Waals surface area contributed by atoms with Crippen LogP contribution in [0.1, 0.15) is 44.6 Å². The van der Waals surface area contributed by atoms with E-state index < -0.39 is 0 Å². The number of halogens is 1. The molecule has 0 radical (unpaired) electrons. The third-order valence-electron chi connectivity index (χ3n) is 3.87. The Bertz CT molecular complexity index is 459. The maximum absolute atomic E-state index is 9.46. The highest BCUT2D eigenvalue weighted by molar-refractivity contribution is 14.0. The standard InChI is InChI=1S/C17H27N3O.HI/c1-2-18-17(20-15-8-4-3-5-9-15)19-12-11-14-7-6-10-16(21)13-14;/h6-7,10,13,15,21H,2-5,8-9,11-12H2,1H3,(H2,18,19,20);1H. The Labute approximate surface area is 150 Å². The molecular formula is C17H28IN3O. The van der Waals surface area contributed by atoms with Crippen molar-refractivity contribution in [2.45, 2.75) is 51.5 Å². The molecule has 0 atom stereocenters. The second kappa shape index (κ2) is 10.7. The van der Waals surface area contributed by atoms with E-state index in [4.69, 9.17) is 0 Å². The van der Waals surface area contributed by atoms with Gasteiger partial charge in [-0.2, -0.15) is 0 Å². The van der Waals surface area contributed by atoms with Gasteiger partial charge in [0, 0.05) is 19.1 Å². The van der Waals surface area contributed by atoms with Crippen molar-refractivity contribution in [3.05, 3.63) is 29.8 Å². The SMILES string of the molecule is CCNC(=NCCc1cccc(O)c1)NC1CCCCC1.I. The maximum Gasteiger partial charge on any atom is 0.191 e. The Morgan fingerprint density at radius 2 is 2.05 bits per heavy atom. The van der Waals surface area contributed by atoms with E-state index in [2.05, 4.69) is 22.5 Å². The lowest BCUT2D eigenvalue weighted by atomic mass is 9.96. The number of benzene rings is 1. The molecule has 1 aliphatic rings. The lowest BCUT2D eigenvalue weighted by molar-refractivity contribution is 0.410. The summed E-state index contributed by atoms with van der Waals surface area (Å²) in [6.45, 7) is 3.70. The van der Waals surface area contributed by atoms with Crippen molar-refractivity contribution < 1.29 is 5.11 Å². The van der Waals surface area contributed by atoms with Gasteiger partial charge >= 0.3 is 0 Å². The number of hydrogen-bond donors (Lipinski definition) is 3. The van der Waals surface area contributed by atoms with Crippen LogP contribution in [0.3, 0.4) is 0 Å². The van der Waals surface area contributed by atoms with E-state index in [1.165, 1.54) is 32.1 Å². The molecule has 2 rings (SSSR count). The number of rotatable bonds is 5. The minimum atomic E-state index is 0. The molecule has 0 saturated heterocycles. The molecule has 0 amide bonds. The van der Waals surface area contributed by atoms with Crippen LogP contribution in [0, 0.1) is 0 Å². The first-order valence-electron chi connectivity index (χ1n) is 8.10. The van der Waals surface area contributed by atoms with Crippen LogP contribution in [0.15, 0.2) is 29.3 Å². The Morgan fingerprint density at radius 1 is 1.27 bits per heavy atom. The minimum Gasteiger partial charge on any atom is -0.508 e. The fraction of sp³-hybridized carbons (Fsp3) is 0.588. The third kappa shape index (κ3) is 6.85. The van der Waals surface area contributed by atoms with E-state index in [9.17, 15) is 5.11 Å². The molecule has 1 saturated carbocycles. The third-order valence-corrected chi connectivity index (χ3v) is 3.87. The van der Waals surface area contributed by atoms with Gasteiger partial charge in [0.05, 0.1) is 0 Å². The first-order valence-corrected chi connectivity index (χ1v) is 8.10. The zero-order valence-corrected chi connectivity index (χ0v) is 15.7. The highest BCUT2D eigenvalue weighted by Crippen LogP contribution is 2.17. The van der Waals surface area contributed by atoms with Gasteiger partial charge in [-0.25, -0.2) is 0 Å². The van der Waals surface area contributed by atoms with Crippen molar-refractivity contribution >= 4 is 29.9 Å². The molecule has 0 aliphatic heterocycles. The van der Waals surface area contributed by atoms with Gasteiger partial charge in [-0.3, -0.25) is 4.99 Å². The predicted molar refractivity (Wildman–Crippen MR) is 103 cm³/mol. The van der Waals surface area contributed by atoms with Crippen LogP contribution in [0.5, 0.6) is 5.75 Å². The van der Waals surface area contributed by atoms with E-state index in [1.54, 1.807) is 12.1 Å². The van der Waals surface area contributed by atoms with Crippen LogP contribution in [-0.4, -0.2) is 30.2 Å². The summed E-state index contributed by atoms with van der Waals surface area (Å²) in [5, 5.41) is 16.3. The molecule has 22 heavy (non-hydrogen) atoms. The summed E-state index contributed by atoms with van der Waals surface area (Å²) in [6, 6.07) is 7.96. The van der Waals surface area contributed by atoms with Crippen LogP contribution in [0.2, 0.25) is 0 Å². The van der Waals surface area contributed by atoms with Gasteiger partial charge in [-0.1, -0.05) is 31.4 Å². The lowest BCUT2D eigenvalue weighted by Gasteiger charge is -2.24. The van der Waals surface area contributed by atoms with Gasteiger partial charge in [0.2, 0.25) is 0 Å². The monoisotopic (exact) mass is 417 g/mol. The number of phenolic OH excluding ortho intramolecular Hbond substituents is 1. The second-order valence-corrected chi connectivity index (χ2v) is 5.66. The van der Waals surface area contributed by atoms with Gasteiger partial charge < -0.3 is 15.7 Å². The molecule has 0 aromatic heterocycles. The minimum absolute atomic E-state index is 0. The van der Waals surface area contributed by atoms with Gasteiger partial charge in [-0.15, -0.1) is 24.0 Å². The summed E-state index contributed by atoms with van der Waals surface area (Å²) >= 11 is 0. The number of aliphatic imine (C=N–C) groups is 1. The summed E-state index contributed by atoms with van der Waals surface area (Å²) in [4.78, 5) is 4.65. The van der Waals surface area contributed by atoms with E-state index >= 15 is 0 Å². The van der Waals surface area contributed by atoms with Crippen molar-refractivity contribution in [2.75, 3.05) is 13.1 Å². The fourth-order valence-electron chi connectivity index (χ4n) is 2.77. The quantitative estimate of drug-likeness (QED) is 0.391. The molecule has 124 valence electrons. The number of phenols is 1. The highest BCUT2D eigenvalue weighted by Gasteiger charge is 2.14. The molecule has 1 aliphatic carbocycles. The molecule has 0 heterocycles. The van der Waals surface area contributed by atoms with Crippen LogP contribution in [-0.2, 0) is 6.42 Å². The van der Waals surface area contributed by atoms with Crippen molar-refractivity contribution in [3.63, 3.8) is 0 Å². The van der Waals surface area contributed by atoms with E-state index in [0.29, 0.717) is 11.8 Å². The summed E-state index contributed by atoms with van der Waals surface area (Å²) in [5.41, 5.74) is 1.12. The summed E-state index contributed by atoms with van der Waals surface area (Å²) in [5.74, 6) is 1.24. The lowest BCUT2D eigenvalue weighted by Crippen LogP contribution is -2.44. The Morgan fingerprint density at radius 3 is 2.73 bits per heavy atom. The van der Waals surface area contributed by atoms with Crippen molar-refractivity contribution in [3.8, 4) is 5.75 Å². The molecule has 1 fully saturated rings. The molecule has 3 N–H and O–H groups in total. The van der Waals surface area contributed by atoms with Crippen molar-refractivity contribution in [1.29, 1.82) is 0 Å². The Hall–Kier alpha value is -0.980. The summed E-state index contributed by atoms with van der Waals surface area (Å²) < 4.78 is 0. The zero-order chi connectivity index (χ0) is 14.9. The largest absolute Gasteiger partial charge is 0.508 e. The normalized spacial score (nSPS) is 16.0. The number of aromatic hydroxyl groups is 1. The van der Waals surface area contributed by atoms with Crippen LogP contribution < -0.4 is 10.6 Å². The Balaban J connectivity index is 0.00000242. The van der Waals surface area contributed by atoms with Gasteiger partial charge in [0.15, 0.2) is 5.96 Å². The van der Waals surface area contributed by atoms with E-state index in [0.717, 1.165) is 31.0 Å². The van der Waals surface area contributed by atoms with Crippen LogP contribution >= 0.6 is 24.0 Å². The number of hydrogen-bond acceptors (Lipinski definition) is 2. The van der Waals surface area contributed by atoms with Crippen LogP contribution in [0.25, 0.3) is 0 Å². The van der Waals surface area contributed by atoms with Gasteiger partial charge in [0.1, 0.15) is 5.75 Å². The molecule has 4 nitrogen and oxygen atoms in total. The number of nitrogens with one attached hydrogen (secondary N) is 2. The smallest absolute Gasteiger partial charge is 0.191 e. The molecule has 1 aromatic rings. The average Bonchev–Trinajstić information content (AvgIpc) is 2.48. The molecule has 0 bridgehead atoms. The van der Waals surface area contributed by atoms with E-state index in [-0.39, 0.29) is 24.0 Å². The second-order valence-electron chi connectivity index (χ2n) is 5.66. The number of guanidine groups is 1. The number of nitrogens with zero attached hydrogens (tertiary/aromatic N) is 1. The fourth-order valence-corrected chi connectivity index (χ4v) is 2.77. The molecule has 0 unspecified atom stereocenters. The Kier molecular flexibility index (Phi) is 9.27. The van der Waals surface area contributed by atoms with Crippen molar-refractivity contribution in [2.24, 2.45) is 4.99 Å². The highest BCUT2D eigenvalue weighted by atomic mass is 127. The topological polar surface area (TPSA) is 56.7 Å². The average molecular weight is 417 g/mol. The molecule has 5 heteroatoms. The zero-order valence-electron chi connectivity index (χ0n) is 13.3. The molecular weight excluding hydrogens is 389 g/mol. The predicted octanol–water partition coefficient (Wildman–Crippen LogP) is 3.44.